The number of rotatable bonds is 10. The van der Waals surface area contributed by atoms with Crippen LogP contribution in [0.5, 0.6) is 0 Å². The van der Waals surface area contributed by atoms with Crippen molar-refractivity contribution >= 4 is 34.5 Å². The number of halogens is 1. The third-order valence-electron chi connectivity index (χ3n) is 14.1. The van der Waals surface area contributed by atoms with Crippen LogP contribution in [0.15, 0.2) is 85.7 Å². The summed E-state index contributed by atoms with van der Waals surface area (Å²) in [5.41, 5.74) is 6.27. The Morgan fingerprint density at radius 1 is 0.848 bits per heavy atom. The standard InChI is InChI=1S/C48H51FN14O3/c49-40-19-34(55-41-10-13-45(64)57-48(41)65)5-11-43(40)59-17-15-58(16-18-59)36-6-8-37(9-7-36)62-24-33(23-53-62)42-29-63-47(32(20-50)22-54-63)46(56-42)31-4-12-44(52-21-31)61-26-38-30-66-39(28-61)27-60(38)25-35-3-1-2-14-51-35/h1-5,11-12,14,19,21-24,29,36-39,41,55H,6-10,13,15-18,25-28,30H2,(H,57,64,65)/p+1. The number of nitriles is 1. The number of carbonyl (C=O) groups excluding carboxylic acids is 2. The van der Waals surface area contributed by atoms with E-state index in [0.29, 0.717) is 46.3 Å². The number of pyridine rings is 2. The van der Waals surface area contributed by atoms with Gasteiger partial charge in [0.15, 0.2) is 12.7 Å². The Morgan fingerprint density at radius 3 is 2.48 bits per heavy atom. The number of piperidine rings is 1. The molecule has 1 aromatic carbocycles. The zero-order valence-corrected chi connectivity index (χ0v) is 36.6. The highest BCUT2D eigenvalue weighted by molar-refractivity contribution is 6.01. The fourth-order valence-corrected chi connectivity index (χ4v) is 10.5. The molecule has 18 heteroatoms. The van der Waals surface area contributed by atoms with Crippen LogP contribution in [0.4, 0.5) is 21.6 Å². The first kappa shape index (κ1) is 41.9. The Kier molecular flexibility index (Phi) is 11.3. The zero-order valence-electron chi connectivity index (χ0n) is 36.6. The number of morpholine rings is 1. The second-order valence-electron chi connectivity index (χ2n) is 18.2. The number of hydrogen-bond donors (Lipinski definition) is 2. The number of hydrogen-bond acceptors (Lipinski definition) is 13. The van der Waals surface area contributed by atoms with Gasteiger partial charge in [-0.15, -0.1) is 0 Å². The van der Waals surface area contributed by atoms with E-state index in [4.69, 9.17) is 19.8 Å². The number of ether oxygens (including phenoxy) is 1. The molecule has 6 fully saturated rings. The first-order valence-electron chi connectivity index (χ1n) is 23.1. The van der Waals surface area contributed by atoms with Crippen molar-refractivity contribution in [1.82, 2.24) is 49.5 Å². The van der Waals surface area contributed by atoms with E-state index in [2.05, 4.69) is 69.4 Å². The molecule has 12 rings (SSSR count). The number of benzene rings is 1. The van der Waals surface area contributed by atoms with Gasteiger partial charge in [-0.05, 0) is 74.6 Å². The monoisotopic (exact) mass is 891 g/mol. The summed E-state index contributed by atoms with van der Waals surface area (Å²) in [6, 6.07) is 17.9. The number of fused-ring (bicyclic) bond motifs is 5. The molecule has 0 radical (unpaired) electrons. The van der Waals surface area contributed by atoms with Crippen LogP contribution in [0.25, 0.3) is 28.0 Å². The van der Waals surface area contributed by atoms with Crippen LogP contribution in [0.3, 0.4) is 0 Å². The van der Waals surface area contributed by atoms with Crippen LogP contribution in [0.2, 0.25) is 0 Å². The maximum atomic E-state index is 15.4. The molecular formula is C48H52FN14O3+. The molecule has 3 unspecified atom stereocenters. The molecule has 2 bridgehead atoms. The maximum Gasteiger partial charge on any atom is 0.249 e. The van der Waals surface area contributed by atoms with Crippen molar-refractivity contribution < 1.29 is 18.7 Å². The van der Waals surface area contributed by atoms with E-state index in [0.717, 1.165) is 107 Å². The molecule has 6 aliphatic rings. The van der Waals surface area contributed by atoms with Gasteiger partial charge < -0.3 is 19.9 Å². The summed E-state index contributed by atoms with van der Waals surface area (Å²) in [5, 5.41) is 24.9. The number of aromatic nitrogens is 7. The SMILES string of the molecule is N#Cc1cnn2cc(-c3cnn(C4CCC(N5CCN(c6ccc(NC7CCC(=O)NC7=O)cc6F)CC5)CC4)c3)nc(-c3ccc(N4CC5CN(Cc6ccccn6)C(C[OH+]5)C4)nc3)c12. The van der Waals surface area contributed by atoms with E-state index < -0.39 is 6.04 Å². The largest absolute Gasteiger partial charge is 0.428 e. The number of amides is 2. The van der Waals surface area contributed by atoms with Crippen molar-refractivity contribution in [3.63, 3.8) is 0 Å². The molecule has 1 aliphatic carbocycles. The van der Waals surface area contributed by atoms with Crippen molar-refractivity contribution in [2.24, 2.45) is 0 Å². The second-order valence-corrected chi connectivity index (χ2v) is 18.2. The summed E-state index contributed by atoms with van der Waals surface area (Å²) < 4.78 is 24.2. The van der Waals surface area contributed by atoms with Crippen LogP contribution in [0, 0.1) is 17.1 Å². The molecule has 2 amide bonds. The Morgan fingerprint density at radius 2 is 1.71 bits per heavy atom. The minimum Gasteiger partial charge on any atom is -0.428 e. The molecule has 0 spiro atoms. The molecule has 6 aromatic rings. The van der Waals surface area contributed by atoms with E-state index in [1.807, 2.05) is 43.0 Å². The molecule has 5 aliphatic heterocycles. The average Bonchev–Trinajstić information content (AvgIpc) is 3.92. The van der Waals surface area contributed by atoms with Gasteiger partial charge in [0.25, 0.3) is 0 Å². The molecule has 10 heterocycles. The Balaban J connectivity index is 0.723. The maximum absolute atomic E-state index is 15.4. The minimum atomic E-state index is -0.558. The Labute approximate surface area is 381 Å². The van der Waals surface area contributed by atoms with Gasteiger partial charge in [0, 0.05) is 87.1 Å². The molecule has 3 N–H and O–H groups in total. The van der Waals surface area contributed by atoms with E-state index in [1.54, 1.807) is 22.8 Å². The number of imide groups is 1. The fraction of sp³-hybridized carbons (Fsp3) is 0.417. The van der Waals surface area contributed by atoms with E-state index in [9.17, 15) is 14.9 Å². The topological polar surface area (TPSA) is 182 Å². The Hall–Kier alpha value is -6.81. The number of piperazine rings is 1. The van der Waals surface area contributed by atoms with Gasteiger partial charge in [-0.2, -0.15) is 15.5 Å². The number of nitrogens with zero attached hydrogens (tertiary/aromatic N) is 12. The summed E-state index contributed by atoms with van der Waals surface area (Å²) in [5.74, 6) is -0.0918. The van der Waals surface area contributed by atoms with Crippen molar-refractivity contribution in [2.45, 2.75) is 75.3 Å². The molecule has 338 valence electrons. The first-order chi connectivity index (χ1) is 32.3. The molecule has 17 nitrogen and oxygen atoms in total. The summed E-state index contributed by atoms with van der Waals surface area (Å²) in [6.45, 7) is 7.31. The quantitative estimate of drug-likeness (QED) is 0.148. The van der Waals surface area contributed by atoms with Crippen molar-refractivity contribution in [2.75, 3.05) is 67.5 Å². The van der Waals surface area contributed by atoms with Crippen molar-refractivity contribution in [1.29, 1.82) is 5.26 Å². The van der Waals surface area contributed by atoms with Crippen LogP contribution in [-0.2, 0) is 16.1 Å². The summed E-state index contributed by atoms with van der Waals surface area (Å²) in [6.07, 6.45) is 16.0. The van der Waals surface area contributed by atoms with Crippen LogP contribution in [-0.4, -0.2) is 137 Å². The van der Waals surface area contributed by atoms with Gasteiger partial charge in [0.05, 0.1) is 66.5 Å². The van der Waals surface area contributed by atoms with Crippen LogP contribution < -0.4 is 20.4 Å². The molecule has 1 saturated carbocycles. The first-order valence-corrected chi connectivity index (χ1v) is 23.1. The average molecular weight is 892 g/mol. The van der Waals surface area contributed by atoms with Gasteiger partial charge in [-0.25, -0.2) is 18.9 Å². The number of nitrogens with one attached hydrogen (secondary N) is 2. The number of carbonyl (C=O) groups is 2. The molecule has 5 aromatic heterocycles. The van der Waals surface area contributed by atoms with Crippen LogP contribution in [0.1, 0.15) is 55.8 Å². The van der Waals surface area contributed by atoms with Gasteiger partial charge >= 0.3 is 0 Å². The number of anilines is 3. The second kappa shape index (κ2) is 17.9. The van der Waals surface area contributed by atoms with Crippen LogP contribution >= 0.6 is 0 Å². The minimum absolute atomic E-state index is 0.194. The highest BCUT2D eigenvalue weighted by atomic mass is 19.1. The van der Waals surface area contributed by atoms with Gasteiger partial charge in [0.1, 0.15) is 34.8 Å². The van der Waals surface area contributed by atoms with E-state index in [-0.39, 0.29) is 42.2 Å². The fourth-order valence-electron chi connectivity index (χ4n) is 10.5. The molecular weight excluding hydrogens is 840 g/mol. The van der Waals surface area contributed by atoms with Gasteiger partial charge in [-0.3, -0.25) is 34.4 Å². The van der Waals surface area contributed by atoms with Crippen molar-refractivity contribution in [3.8, 4) is 28.6 Å². The van der Waals surface area contributed by atoms with E-state index in [1.165, 1.54) is 6.07 Å². The van der Waals surface area contributed by atoms with Gasteiger partial charge in [0.2, 0.25) is 11.8 Å². The number of aliphatic hydroxyl groups is 2. The summed E-state index contributed by atoms with van der Waals surface area (Å²) in [4.78, 5) is 47.9. The molecule has 66 heavy (non-hydrogen) atoms. The predicted molar refractivity (Wildman–Crippen MR) is 245 cm³/mol. The normalized spacial score (nSPS) is 24.0. The molecule has 3 atom stereocenters. The highest BCUT2D eigenvalue weighted by Crippen LogP contribution is 2.35. The predicted octanol–water partition coefficient (Wildman–Crippen LogP) is 4.18. The van der Waals surface area contributed by atoms with Gasteiger partial charge in [-0.1, -0.05) is 6.07 Å². The zero-order chi connectivity index (χ0) is 44.7. The lowest BCUT2D eigenvalue weighted by Crippen LogP contribution is -2.51. The third-order valence-corrected chi connectivity index (χ3v) is 14.1. The van der Waals surface area contributed by atoms with Crippen molar-refractivity contribution in [3.05, 3.63) is 103 Å². The summed E-state index contributed by atoms with van der Waals surface area (Å²) in [7, 11) is 0. The lowest BCUT2D eigenvalue weighted by molar-refractivity contribution is -0.161. The Bertz CT molecular complexity index is 2780. The van der Waals surface area contributed by atoms with E-state index >= 15 is 4.39 Å². The summed E-state index contributed by atoms with van der Waals surface area (Å²) >= 11 is 0. The smallest absolute Gasteiger partial charge is 0.249 e. The molecule has 5 saturated heterocycles. The lowest BCUT2D eigenvalue weighted by atomic mass is 9.90. The lowest BCUT2D eigenvalue weighted by Gasteiger charge is -2.42. The highest BCUT2D eigenvalue weighted by Gasteiger charge is 2.40. The third kappa shape index (κ3) is 8.45.